The van der Waals surface area contributed by atoms with E-state index in [1.54, 1.807) is 0 Å². The van der Waals surface area contributed by atoms with Gasteiger partial charge in [0.2, 0.25) is 0 Å². The van der Waals surface area contributed by atoms with Gasteiger partial charge < -0.3 is 20.1 Å². The number of hydrogen-bond acceptors (Lipinski definition) is 4. The maximum atomic E-state index is 10.2. The fraction of sp³-hybridized carbons (Fsp3) is 0.533. The van der Waals surface area contributed by atoms with E-state index in [0.29, 0.717) is 6.54 Å². The van der Waals surface area contributed by atoms with Crippen LogP contribution in [0, 0.1) is 0 Å². The van der Waals surface area contributed by atoms with E-state index in [9.17, 15) is 5.11 Å². The summed E-state index contributed by atoms with van der Waals surface area (Å²) in [6.07, 6.45) is 5.87. The monoisotopic (exact) mass is 274 g/mol. The van der Waals surface area contributed by atoms with Crippen LogP contribution in [0.1, 0.15) is 31.4 Å². The zero-order valence-electron chi connectivity index (χ0n) is 11.9. The van der Waals surface area contributed by atoms with Gasteiger partial charge in [-0.25, -0.2) is 4.98 Å². The summed E-state index contributed by atoms with van der Waals surface area (Å²) in [5.41, 5.74) is 7.82. The minimum absolute atomic E-state index is 0.138. The van der Waals surface area contributed by atoms with Gasteiger partial charge in [0.1, 0.15) is 5.65 Å². The predicted octanol–water partition coefficient (Wildman–Crippen LogP) is 1.53. The second-order valence-electron chi connectivity index (χ2n) is 5.55. The first kappa shape index (κ1) is 13.4. The maximum Gasteiger partial charge on any atom is 0.152 e. The highest BCUT2D eigenvalue weighted by Crippen LogP contribution is 2.28. The Balaban J connectivity index is 2.00. The number of likely N-dealkylation sites (N-methyl/N-ethyl adjacent to an activating group) is 1. The van der Waals surface area contributed by atoms with Gasteiger partial charge in [0.05, 0.1) is 17.8 Å². The summed E-state index contributed by atoms with van der Waals surface area (Å²) < 4.78 is 2.03. The van der Waals surface area contributed by atoms with Crippen LogP contribution in [0.25, 0.3) is 5.65 Å². The first-order valence-electron chi connectivity index (χ1n) is 7.29. The minimum atomic E-state index is -0.274. The summed E-state index contributed by atoms with van der Waals surface area (Å²) in [5.74, 6) is 0.893. The Kier molecular flexibility index (Phi) is 3.63. The number of aliphatic hydroxyl groups is 1. The van der Waals surface area contributed by atoms with Crippen molar-refractivity contribution in [3.05, 3.63) is 30.1 Å². The molecule has 3 N–H and O–H groups in total. The first-order chi connectivity index (χ1) is 9.72. The highest BCUT2D eigenvalue weighted by Gasteiger charge is 2.29. The molecule has 3 rings (SSSR count). The van der Waals surface area contributed by atoms with Gasteiger partial charge in [-0.3, -0.25) is 0 Å². The number of aliphatic hydroxyl groups excluding tert-OH is 1. The molecule has 0 spiro atoms. The van der Waals surface area contributed by atoms with Gasteiger partial charge in [0.15, 0.2) is 5.82 Å². The molecule has 1 aliphatic rings. The van der Waals surface area contributed by atoms with Crippen molar-refractivity contribution in [1.82, 2.24) is 9.38 Å². The topological polar surface area (TPSA) is 66.8 Å². The van der Waals surface area contributed by atoms with Gasteiger partial charge in [0.25, 0.3) is 0 Å². The van der Waals surface area contributed by atoms with Crippen LogP contribution in [0.15, 0.2) is 24.4 Å². The average molecular weight is 274 g/mol. The molecule has 0 bridgehead atoms. The molecule has 5 nitrogen and oxygen atoms in total. The van der Waals surface area contributed by atoms with Gasteiger partial charge in [0, 0.05) is 19.8 Å². The zero-order chi connectivity index (χ0) is 14.1. The average Bonchev–Trinajstić information content (AvgIpc) is 2.85. The Morgan fingerprint density at radius 1 is 1.40 bits per heavy atom. The molecule has 1 fully saturated rings. The number of anilines is 1. The number of aromatic nitrogens is 2. The predicted molar refractivity (Wildman–Crippen MR) is 79.7 cm³/mol. The summed E-state index contributed by atoms with van der Waals surface area (Å²) in [4.78, 5) is 6.80. The van der Waals surface area contributed by atoms with Crippen molar-refractivity contribution in [3.8, 4) is 0 Å². The molecule has 2 aromatic heterocycles. The lowest BCUT2D eigenvalue weighted by Crippen LogP contribution is -2.44. The Labute approximate surface area is 119 Å². The molecule has 0 amide bonds. The van der Waals surface area contributed by atoms with Crippen LogP contribution in [0.3, 0.4) is 0 Å². The van der Waals surface area contributed by atoms with Gasteiger partial charge in [-0.1, -0.05) is 18.9 Å². The summed E-state index contributed by atoms with van der Waals surface area (Å²) >= 11 is 0. The molecule has 2 heterocycles. The van der Waals surface area contributed by atoms with Crippen LogP contribution in [-0.4, -0.2) is 33.7 Å². The Bertz CT molecular complexity index is 595. The van der Waals surface area contributed by atoms with Crippen LogP contribution in [0.2, 0.25) is 0 Å². The molecule has 5 heteroatoms. The molecular formula is C15H22N4O. The number of imidazole rings is 1. The third-order valence-electron chi connectivity index (χ3n) is 4.33. The molecule has 0 aliphatic heterocycles. The number of nitrogens with two attached hydrogens (primary N) is 1. The normalized spacial score (nSPS) is 23.1. The molecule has 0 aromatic carbocycles. The van der Waals surface area contributed by atoms with Crippen molar-refractivity contribution in [1.29, 1.82) is 0 Å². The van der Waals surface area contributed by atoms with E-state index in [4.69, 9.17) is 10.7 Å². The van der Waals surface area contributed by atoms with E-state index in [1.807, 2.05) is 35.8 Å². The van der Waals surface area contributed by atoms with E-state index in [2.05, 4.69) is 4.90 Å². The quantitative estimate of drug-likeness (QED) is 0.891. The number of hydrogen-bond donors (Lipinski definition) is 2. The molecule has 1 aliphatic carbocycles. The second kappa shape index (κ2) is 5.42. The van der Waals surface area contributed by atoms with E-state index < -0.39 is 0 Å². The van der Waals surface area contributed by atoms with Crippen LogP contribution >= 0.6 is 0 Å². The largest absolute Gasteiger partial charge is 0.391 e. The minimum Gasteiger partial charge on any atom is -0.391 e. The van der Waals surface area contributed by atoms with Crippen LogP contribution in [-0.2, 0) is 6.54 Å². The first-order valence-corrected chi connectivity index (χ1v) is 7.29. The lowest BCUT2D eigenvalue weighted by Gasteiger charge is -2.35. The standard InChI is InChI=1S/C15H22N4O/c1-18(11-6-2-3-7-13(11)20)15-12(10-16)19-9-5-4-8-14(19)17-15/h4-5,8-9,11,13,20H,2-3,6-7,10,16H2,1H3. The van der Waals surface area contributed by atoms with Crippen LogP contribution < -0.4 is 10.6 Å². The number of nitrogens with zero attached hydrogens (tertiary/aromatic N) is 3. The van der Waals surface area contributed by atoms with Crippen molar-refractivity contribution >= 4 is 11.5 Å². The van der Waals surface area contributed by atoms with Gasteiger partial charge in [-0.15, -0.1) is 0 Å². The van der Waals surface area contributed by atoms with Crippen LogP contribution in [0.5, 0.6) is 0 Å². The Morgan fingerprint density at radius 3 is 2.95 bits per heavy atom. The fourth-order valence-electron chi connectivity index (χ4n) is 3.21. The lowest BCUT2D eigenvalue weighted by atomic mass is 9.91. The van der Waals surface area contributed by atoms with Gasteiger partial charge in [-0.2, -0.15) is 0 Å². The smallest absolute Gasteiger partial charge is 0.152 e. The summed E-state index contributed by atoms with van der Waals surface area (Å²) in [6.45, 7) is 0.438. The summed E-state index contributed by atoms with van der Waals surface area (Å²) in [6, 6.07) is 6.07. The Morgan fingerprint density at radius 2 is 2.20 bits per heavy atom. The molecule has 20 heavy (non-hydrogen) atoms. The molecule has 0 radical (unpaired) electrons. The molecule has 2 atom stereocenters. The fourth-order valence-corrected chi connectivity index (χ4v) is 3.21. The van der Waals surface area contributed by atoms with E-state index in [-0.39, 0.29) is 12.1 Å². The van der Waals surface area contributed by atoms with E-state index >= 15 is 0 Å². The SMILES string of the molecule is CN(c1nc2ccccn2c1CN)C1CCCCC1O. The lowest BCUT2D eigenvalue weighted by molar-refractivity contribution is 0.106. The third-order valence-corrected chi connectivity index (χ3v) is 4.33. The molecule has 2 aromatic rings. The van der Waals surface area contributed by atoms with E-state index in [0.717, 1.165) is 42.8 Å². The van der Waals surface area contributed by atoms with E-state index in [1.165, 1.54) is 0 Å². The van der Waals surface area contributed by atoms with Gasteiger partial charge in [-0.05, 0) is 25.0 Å². The number of fused-ring (bicyclic) bond motifs is 1. The molecule has 1 saturated carbocycles. The van der Waals surface area contributed by atoms with Crippen LogP contribution in [0.4, 0.5) is 5.82 Å². The molecular weight excluding hydrogens is 252 g/mol. The van der Waals surface area contributed by atoms with Crippen molar-refractivity contribution in [3.63, 3.8) is 0 Å². The highest BCUT2D eigenvalue weighted by molar-refractivity contribution is 5.56. The van der Waals surface area contributed by atoms with Crippen molar-refractivity contribution in [2.24, 2.45) is 5.73 Å². The molecule has 2 unspecified atom stereocenters. The summed E-state index contributed by atoms with van der Waals surface area (Å²) in [7, 11) is 2.01. The second-order valence-corrected chi connectivity index (χ2v) is 5.55. The highest BCUT2D eigenvalue weighted by atomic mass is 16.3. The number of rotatable bonds is 3. The van der Waals surface area contributed by atoms with Crippen molar-refractivity contribution in [2.45, 2.75) is 44.4 Å². The summed E-state index contributed by atoms with van der Waals surface area (Å²) in [5, 5.41) is 10.2. The molecule has 108 valence electrons. The maximum absolute atomic E-state index is 10.2. The van der Waals surface area contributed by atoms with Crippen molar-refractivity contribution < 1.29 is 5.11 Å². The Hall–Kier alpha value is -1.59. The zero-order valence-corrected chi connectivity index (χ0v) is 11.9. The number of pyridine rings is 1. The van der Waals surface area contributed by atoms with Crippen molar-refractivity contribution in [2.75, 3.05) is 11.9 Å². The third kappa shape index (κ3) is 2.17. The van der Waals surface area contributed by atoms with Gasteiger partial charge >= 0.3 is 0 Å². The molecule has 0 saturated heterocycles.